The molecular formula is C25H34O3S. The van der Waals surface area contributed by atoms with E-state index in [-0.39, 0.29) is 23.0 Å². The van der Waals surface area contributed by atoms with Crippen LogP contribution in [-0.2, 0) is 4.79 Å². The van der Waals surface area contributed by atoms with Gasteiger partial charge < -0.3 is 10.2 Å². The van der Waals surface area contributed by atoms with Gasteiger partial charge in [-0.3, -0.25) is 4.79 Å². The summed E-state index contributed by atoms with van der Waals surface area (Å²) in [5, 5.41) is 26.6. The number of aliphatic hydroxyl groups is 2. The lowest BCUT2D eigenvalue weighted by molar-refractivity contribution is -0.153. The summed E-state index contributed by atoms with van der Waals surface area (Å²) < 4.78 is 0. The second-order valence-corrected chi connectivity index (χ2v) is 11.9. The van der Waals surface area contributed by atoms with Gasteiger partial charge in [0.05, 0.1) is 6.10 Å². The van der Waals surface area contributed by atoms with Gasteiger partial charge in [-0.1, -0.05) is 57.5 Å². The highest BCUT2D eigenvalue weighted by Gasteiger charge is 2.67. The molecule has 29 heavy (non-hydrogen) atoms. The lowest BCUT2D eigenvalue weighted by Crippen LogP contribution is -2.59. The Bertz CT molecular complexity index is 833. The number of carbonyl (C=O) groups excluding carboxylic acids is 1. The first-order chi connectivity index (χ1) is 13.5. The second-order valence-electron chi connectivity index (χ2n) is 10.5. The minimum Gasteiger partial charge on any atom is -0.393 e. The Labute approximate surface area is 179 Å². The summed E-state index contributed by atoms with van der Waals surface area (Å²) in [6.07, 6.45) is 5.96. The van der Waals surface area contributed by atoms with Crippen LogP contribution in [-0.4, -0.2) is 33.0 Å². The Kier molecular flexibility index (Phi) is 5.13. The van der Waals surface area contributed by atoms with Crippen molar-refractivity contribution in [2.75, 3.05) is 0 Å². The molecule has 0 spiro atoms. The fraction of sp³-hybridized carbons (Fsp3) is 0.720. The molecule has 0 aromatic rings. The predicted octanol–water partition coefficient (Wildman–Crippen LogP) is 4.49. The lowest BCUT2D eigenvalue weighted by atomic mass is 9.45. The molecular weight excluding hydrogens is 380 g/mol. The largest absolute Gasteiger partial charge is 0.393 e. The van der Waals surface area contributed by atoms with Crippen LogP contribution in [0, 0.1) is 39.8 Å². The van der Waals surface area contributed by atoms with Crippen LogP contribution in [0.3, 0.4) is 0 Å². The summed E-state index contributed by atoms with van der Waals surface area (Å²) in [6, 6.07) is 0. The Hall–Kier alpha value is -1.02. The molecule has 4 heteroatoms. The Balaban J connectivity index is 1.72. The van der Waals surface area contributed by atoms with Crippen molar-refractivity contribution in [3.8, 4) is 11.2 Å². The van der Waals surface area contributed by atoms with Crippen LogP contribution in [0.2, 0.25) is 0 Å². The minimum absolute atomic E-state index is 0.112. The summed E-state index contributed by atoms with van der Waals surface area (Å²) in [6.45, 7) is 12.8. The minimum atomic E-state index is -1.24. The molecule has 0 saturated heterocycles. The van der Waals surface area contributed by atoms with Gasteiger partial charge in [0.15, 0.2) is 11.4 Å². The maximum Gasteiger partial charge on any atom is 0.155 e. The number of allylic oxidation sites excluding steroid dienone is 1. The van der Waals surface area contributed by atoms with Crippen molar-refractivity contribution in [2.45, 2.75) is 83.2 Å². The quantitative estimate of drug-likeness (QED) is 0.490. The van der Waals surface area contributed by atoms with Gasteiger partial charge in [-0.05, 0) is 72.2 Å². The van der Waals surface area contributed by atoms with E-state index in [9.17, 15) is 15.0 Å². The normalized spacial score (nSPS) is 46.4. The van der Waals surface area contributed by atoms with E-state index in [4.69, 9.17) is 0 Å². The van der Waals surface area contributed by atoms with E-state index in [2.05, 4.69) is 45.4 Å². The molecule has 4 aliphatic rings. The predicted molar refractivity (Wildman–Crippen MR) is 118 cm³/mol. The molecule has 4 aliphatic carbocycles. The molecule has 0 heterocycles. The number of aliphatic hydroxyl groups excluding tert-OH is 1. The number of hydrogen-bond donors (Lipinski definition) is 2. The third-order valence-electron chi connectivity index (χ3n) is 8.62. The summed E-state index contributed by atoms with van der Waals surface area (Å²) in [5.41, 5.74) is 0.194. The molecule has 3 nitrogen and oxygen atoms in total. The molecule has 0 aromatic carbocycles. The van der Waals surface area contributed by atoms with Crippen molar-refractivity contribution in [3.05, 3.63) is 23.8 Å². The van der Waals surface area contributed by atoms with Crippen LogP contribution < -0.4 is 0 Å². The zero-order chi connectivity index (χ0) is 21.2. The third kappa shape index (κ3) is 2.99. The lowest BCUT2D eigenvalue weighted by Gasteiger charge is -2.60. The van der Waals surface area contributed by atoms with Crippen molar-refractivity contribution in [1.82, 2.24) is 0 Å². The van der Waals surface area contributed by atoms with Gasteiger partial charge >= 0.3 is 0 Å². The number of ketones is 1. The van der Waals surface area contributed by atoms with E-state index in [0.717, 1.165) is 31.3 Å². The zero-order valence-corrected chi connectivity index (χ0v) is 18.9. The average Bonchev–Trinajstić information content (AvgIpc) is 2.82. The van der Waals surface area contributed by atoms with Gasteiger partial charge in [0.25, 0.3) is 0 Å². The highest BCUT2D eigenvalue weighted by molar-refractivity contribution is 8.04. The second kappa shape index (κ2) is 7.01. The smallest absolute Gasteiger partial charge is 0.155 e. The molecule has 7 atom stereocenters. The van der Waals surface area contributed by atoms with Crippen molar-refractivity contribution in [3.63, 3.8) is 0 Å². The number of rotatable bonds is 1. The van der Waals surface area contributed by atoms with Gasteiger partial charge in [-0.2, -0.15) is 0 Å². The van der Waals surface area contributed by atoms with E-state index < -0.39 is 17.1 Å². The van der Waals surface area contributed by atoms with Crippen LogP contribution >= 0.6 is 11.8 Å². The van der Waals surface area contributed by atoms with Crippen LogP contribution in [0.15, 0.2) is 23.8 Å². The van der Waals surface area contributed by atoms with Crippen molar-refractivity contribution in [1.29, 1.82) is 0 Å². The first-order valence-corrected chi connectivity index (χ1v) is 11.9. The summed E-state index contributed by atoms with van der Waals surface area (Å²) in [4.78, 5) is 12.0. The fourth-order valence-electron chi connectivity index (χ4n) is 7.10. The van der Waals surface area contributed by atoms with E-state index in [1.807, 2.05) is 6.08 Å². The van der Waals surface area contributed by atoms with E-state index in [0.29, 0.717) is 24.0 Å². The first kappa shape index (κ1) is 21.2. The number of carbonyl (C=O) groups is 1. The molecule has 0 aromatic heterocycles. The van der Waals surface area contributed by atoms with Gasteiger partial charge in [0.2, 0.25) is 0 Å². The third-order valence-corrected chi connectivity index (χ3v) is 9.31. The molecule has 4 rings (SSSR count). The van der Waals surface area contributed by atoms with E-state index in [1.54, 1.807) is 0 Å². The van der Waals surface area contributed by atoms with Crippen molar-refractivity contribution in [2.24, 2.45) is 28.6 Å². The zero-order valence-electron chi connectivity index (χ0n) is 18.1. The topological polar surface area (TPSA) is 57.5 Å². The van der Waals surface area contributed by atoms with E-state index in [1.165, 1.54) is 17.3 Å². The molecule has 3 saturated carbocycles. The Morgan fingerprint density at radius 2 is 2.03 bits per heavy atom. The summed E-state index contributed by atoms with van der Waals surface area (Å²) in [7, 11) is 0. The number of thioether (sulfide) groups is 1. The number of hydrogen-bond acceptors (Lipinski definition) is 4. The monoisotopic (exact) mass is 414 g/mol. The van der Waals surface area contributed by atoms with Crippen LogP contribution in [0.4, 0.5) is 0 Å². The highest BCUT2D eigenvalue weighted by Crippen LogP contribution is 2.68. The van der Waals surface area contributed by atoms with Crippen LogP contribution in [0.25, 0.3) is 0 Å². The van der Waals surface area contributed by atoms with Crippen LogP contribution in [0.1, 0.15) is 66.2 Å². The van der Waals surface area contributed by atoms with Gasteiger partial charge in [0, 0.05) is 17.1 Å². The SMILES string of the molecule is C=C1C[C@H]2C3CCC4=CC(=O)CC[C@]4(C)[C@H]3[C@@H](O)C[C@]2(C)[C@]1(O)C#CSC(C)C. The van der Waals surface area contributed by atoms with Crippen molar-refractivity contribution < 1.29 is 15.0 Å². The van der Waals surface area contributed by atoms with Crippen molar-refractivity contribution >= 4 is 17.5 Å². The maximum atomic E-state index is 12.0. The Morgan fingerprint density at radius 3 is 2.72 bits per heavy atom. The molecule has 0 bridgehead atoms. The molecule has 0 aliphatic heterocycles. The summed E-state index contributed by atoms with van der Waals surface area (Å²) in [5.74, 6) is 4.13. The molecule has 0 amide bonds. The molecule has 0 radical (unpaired) electrons. The van der Waals surface area contributed by atoms with Gasteiger partial charge in [0.1, 0.15) is 0 Å². The molecule has 2 N–H and O–H groups in total. The Morgan fingerprint density at radius 1 is 1.31 bits per heavy atom. The summed E-state index contributed by atoms with van der Waals surface area (Å²) >= 11 is 1.53. The van der Waals surface area contributed by atoms with Crippen LogP contribution in [0.5, 0.6) is 0 Å². The average molecular weight is 415 g/mol. The van der Waals surface area contributed by atoms with E-state index >= 15 is 0 Å². The molecule has 3 fully saturated rings. The standard InChI is InChI=1S/C25H34O3S/c1-15(2)29-11-10-25(28)16(3)12-20-19-7-6-17-13-18(26)8-9-23(17,4)22(19)21(27)14-24(20,25)5/h13,15,19-22,27-28H,3,6-9,12,14H2,1-2,4-5H3/t19?,20-,21-,22+,23-,24-,25-/m0/s1. The van der Waals surface area contributed by atoms with Gasteiger partial charge in [-0.15, -0.1) is 0 Å². The maximum absolute atomic E-state index is 12.0. The molecule has 158 valence electrons. The number of fused-ring (bicyclic) bond motifs is 5. The fourth-order valence-corrected chi connectivity index (χ4v) is 7.54. The first-order valence-electron chi connectivity index (χ1n) is 11.0. The highest BCUT2D eigenvalue weighted by atomic mass is 32.2. The van der Waals surface area contributed by atoms with Gasteiger partial charge in [-0.25, -0.2) is 0 Å². The molecule has 1 unspecified atom stereocenters.